The van der Waals surface area contributed by atoms with E-state index in [9.17, 15) is 9.59 Å². The van der Waals surface area contributed by atoms with E-state index in [-0.39, 0.29) is 17.4 Å². The van der Waals surface area contributed by atoms with E-state index in [1.54, 1.807) is 13.8 Å². The van der Waals surface area contributed by atoms with Gasteiger partial charge in [0.15, 0.2) is 0 Å². The van der Waals surface area contributed by atoms with Crippen LogP contribution in [0.2, 0.25) is 0 Å². The molecule has 0 bridgehead atoms. The lowest BCUT2D eigenvalue weighted by atomic mass is 9.73. The zero-order chi connectivity index (χ0) is 21.5. The molecule has 0 fully saturated rings. The maximum Gasteiger partial charge on any atom is 0.334 e. The highest BCUT2D eigenvalue weighted by Gasteiger charge is 2.32. The third-order valence-corrected chi connectivity index (χ3v) is 5.60. The molecule has 1 rings (SSSR count). The van der Waals surface area contributed by atoms with Crippen molar-refractivity contribution >= 4 is 11.9 Å². The topological polar surface area (TPSA) is 52.6 Å². The molecule has 4 nitrogen and oxygen atoms in total. The first-order chi connectivity index (χ1) is 12.9. The van der Waals surface area contributed by atoms with Crippen LogP contribution in [0.4, 0.5) is 0 Å². The fourth-order valence-electron chi connectivity index (χ4n) is 3.19. The van der Waals surface area contributed by atoms with Gasteiger partial charge in [0.25, 0.3) is 0 Å². The van der Waals surface area contributed by atoms with Crippen LogP contribution in [0.25, 0.3) is 0 Å². The summed E-state index contributed by atoms with van der Waals surface area (Å²) in [7, 11) is 0. The first-order valence-electron chi connectivity index (χ1n) is 10.4. The summed E-state index contributed by atoms with van der Waals surface area (Å²) < 4.78 is 10.4. The Labute approximate surface area is 171 Å². The Kier molecular flexibility index (Phi) is 8.72. The van der Waals surface area contributed by atoms with Gasteiger partial charge >= 0.3 is 11.9 Å². The number of rotatable bonds is 8. The predicted molar refractivity (Wildman–Crippen MR) is 114 cm³/mol. The molecule has 0 saturated carbocycles. The molecule has 0 aromatic heterocycles. The summed E-state index contributed by atoms with van der Waals surface area (Å²) in [4.78, 5) is 24.8. The van der Waals surface area contributed by atoms with Crippen LogP contribution in [0.1, 0.15) is 81.1 Å². The maximum absolute atomic E-state index is 12.5. The number of hydrogen-bond acceptors (Lipinski definition) is 4. The second-order valence-corrected chi connectivity index (χ2v) is 9.07. The smallest absolute Gasteiger partial charge is 0.334 e. The lowest BCUT2D eigenvalue weighted by Crippen LogP contribution is -2.24. The number of ether oxygens (including phenoxy) is 2. The summed E-state index contributed by atoms with van der Waals surface area (Å²) >= 11 is 0. The van der Waals surface area contributed by atoms with Gasteiger partial charge in [-0.1, -0.05) is 57.9 Å². The van der Waals surface area contributed by atoms with Crippen molar-refractivity contribution in [2.24, 2.45) is 10.8 Å². The summed E-state index contributed by atoms with van der Waals surface area (Å²) in [5.74, 6) is -0.821. The Morgan fingerprint density at radius 3 is 2.04 bits per heavy atom. The number of hydrogen-bond donors (Lipinski definition) is 0. The molecule has 0 unspecified atom stereocenters. The quantitative estimate of drug-likeness (QED) is 0.381. The molecule has 1 aliphatic rings. The summed E-state index contributed by atoms with van der Waals surface area (Å²) in [5, 5.41) is 0. The van der Waals surface area contributed by atoms with Crippen LogP contribution in [0.15, 0.2) is 34.4 Å². The molecule has 0 aliphatic heterocycles. The summed E-state index contributed by atoms with van der Waals surface area (Å²) in [6.07, 6.45) is 7.24. The Morgan fingerprint density at radius 1 is 1.00 bits per heavy atom. The minimum atomic E-state index is -0.414. The molecule has 0 aromatic carbocycles. The van der Waals surface area contributed by atoms with E-state index in [0.717, 1.165) is 12.8 Å². The van der Waals surface area contributed by atoms with Crippen LogP contribution in [0, 0.1) is 10.8 Å². The fraction of sp³-hybridized carbons (Fsp3) is 0.667. The molecular weight excluding hydrogens is 352 g/mol. The zero-order valence-electron chi connectivity index (χ0n) is 19.0. The number of allylic oxidation sites excluding steroid dienone is 4. The predicted octanol–water partition coefficient (Wildman–Crippen LogP) is 5.93. The van der Waals surface area contributed by atoms with E-state index in [1.165, 1.54) is 11.1 Å². The molecule has 0 radical (unpaired) electrons. The third kappa shape index (κ3) is 6.65. The maximum atomic E-state index is 12.5. The average Bonchev–Trinajstić information content (AvgIpc) is 2.60. The largest absolute Gasteiger partial charge is 0.463 e. The summed E-state index contributed by atoms with van der Waals surface area (Å²) in [6.45, 7) is 17.4. The van der Waals surface area contributed by atoms with Crippen molar-refractivity contribution in [1.29, 1.82) is 0 Å². The van der Waals surface area contributed by atoms with E-state index < -0.39 is 11.9 Å². The van der Waals surface area contributed by atoms with Gasteiger partial charge < -0.3 is 9.47 Å². The highest BCUT2D eigenvalue weighted by Crippen LogP contribution is 2.40. The van der Waals surface area contributed by atoms with Gasteiger partial charge in [-0.25, -0.2) is 9.59 Å². The van der Waals surface area contributed by atoms with Crippen molar-refractivity contribution in [3.8, 4) is 0 Å². The van der Waals surface area contributed by atoms with Gasteiger partial charge in [0.05, 0.1) is 24.4 Å². The van der Waals surface area contributed by atoms with Gasteiger partial charge in [-0.3, -0.25) is 0 Å². The van der Waals surface area contributed by atoms with Crippen molar-refractivity contribution in [2.75, 3.05) is 13.2 Å². The van der Waals surface area contributed by atoms with Crippen molar-refractivity contribution in [3.05, 3.63) is 34.4 Å². The summed E-state index contributed by atoms with van der Waals surface area (Å²) in [5.41, 5.74) is 3.58. The van der Waals surface area contributed by atoms with Crippen molar-refractivity contribution < 1.29 is 19.1 Å². The van der Waals surface area contributed by atoms with E-state index >= 15 is 0 Å². The molecule has 0 saturated heterocycles. The zero-order valence-corrected chi connectivity index (χ0v) is 19.0. The normalized spacial score (nSPS) is 16.0. The van der Waals surface area contributed by atoms with E-state index in [1.807, 2.05) is 0 Å². The lowest BCUT2D eigenvalue weighted by molar-refractivity contribution is -0.142. The van der Waals surface area contributed by atoms with Crippen molar-refractivity contribution in [1.82, 2.24) is 0 Å². The number of esters is 2. The van der Waals surface area contributed by atoms with E-state index in [0.29, 0.717) is 30.6 Å². The monoisotopic (exact) mass is 390 g/mol. The molecule has 0 N–H and O–H groups in total. The number of carbonyl (C=O) groups is 2. The second-order valence-electron chi connectivity index (χ2n) is 9.07. The number of carbonyl (C=O) groups excluding carboxylic acids is 2. The van der Waals surface area contributed by atoms with E-state index in [4.69, 9.17) is 9.47 Å². The van der Waals surface area contributed by atoms with Crippen LogP contribution >= 0.6 is 0 Å². The lowest BCUT2D eigenvalue weighted by Gasteiger charge is -2.31. The van der Waals surface area contributed by atoms with Crippen molar-refractivity contribution in [3.63, 3.8) is 0 Å². The van der Waals surface area contributed by atoms with Crippen molar-refractivity contribution in [2.45, 2.75) is 81.1 Å². The van der Waals surface area contributed by atoms with Crippen LogP contribution < -0.4 is 0 Å². The van der Waals surface area contributed by atoms with Crippen LogP contribution in [-0.2, 0) is 19.1 Å². The first-order valence-corrected chi connectivity index (χ1v) is 10.4. The van der Waals surface area contributed by atoms with Gasteiger partial charge in [0, 0.05) is 6.42 Å². The third-order valence-electron chi connectivity index (χ3n) is 5.60. The molecule has 1 aliphatic carbocycles. The molecule has 28 heavy (non-hydrogen) atoms. The molecule has 0 spiro atoms. The standard InChI is InChI=1S/C24H38O4/c1-9-27-21(25)19-14-13-18(16-20(19)22(26)28-10-2)24(7,8)15-11-12-17(3)23(4,5)6/h12-13H,9-11,14-16H2,1-8H3/b17-12+. The second kappa shape index (κ2) is 10.1. The fourth-order valence-corrected chi connectivity index (χ4v) is 3.19. The molecular formula is C24H38O4. The van der Waals surface area contributed by atoms with Crippen LogP contribution in [-0.4, -0.2) is 25.2 Å². The Balaban J connectivity index is 2.98. The highest BCUT2D eigenvalue weighted by molar-refractivity contribution is 6.01. The molecule has 0 heterocycles. The molecule has 0 atom stereocenters. The molecule has 0 aromatic rings. The Morgan fingerprint density at radius 2 is 1.54 bits per heavy atom. The van der Waals surface area contributed by atoms with Gasteiger partial charge in [-0.15, -0.1) is 0 Å². The van der Waals surface area contributed by atoms with Crippen LogP contribution in [0.3, 0.4) is 0 Å². The van der Waals surface area contributed by atoms with Gasteiger partial charge in [0.1, 0.15) is 0 Å². The summed E-state index contributed by atoms with van der Waals surface area (Å²) in [6, 6.07) is 0. The minimum absolute atomic E-state index is 0.0629. The Hall–Kier alpha value is -1.84. The van der Waals surface area contributed by atoms with Gasteiger partial charge in [0.2, 0.25) is 0 Å². The minimum Gasteiger partial charge on any atom is -0.463 e. The van der Waals surface area contributed by atoms with Crippen LogP contribution in [0.5, 0.6) is 0 Å². The Bertz CT molecular complexity index is 669. The van der Waals surface area contributed by atoms with Gasteiger partial charge in [-0.2, -0.15) is 0 Å². The molecule has 158 valence electrons. The van der Waals surface area contributed by atoms with Gasteiger partial charge in [-0.05, 0) is 50.9 Å². The first kappa shape index (κ1) is 24.2. The highest BCUT2D eigenvalue weighted by atomic mass is 16.5. The molecule has 4 heteroatoms. The molecule has 0 amide bonds. The average molecular weight is 391 g/mol. The SMILES string of the molecule is CCOC(=O)C1=C(C(=O)OCC)CC(C(C)(C)CC/C=C(\C)C(C)(C)C)=CC1. The van der Waals surface area contributed by atoms with E-state index in [2.05, 4.69) is 53.7 Å².